The molecule has 1 aromatic carbocycles. The predicted octanol–water partition coefficient (Wildman–Crippen LogP) is 3.73. The summed E-state index contributed by atoms with van der Waals surface area (Å²) in [5.74, 6) is -2.12. The molecule has 58 heavy (non-hydrogen) atoms. The van der Waals surface area contributed by atoms with E-state index >= 15 is 0 Å². The Morgan fingerprint density at radius 1 is 1.00 bits per heavy atom. The lowest BCUT2D eigenvalue weighted by atomic mass is 9.91. The molecular formula is C40H54F2N6O9S. The average molecular weight is 833 g/mol. The molecule has 6 aliphatic rings. The van der Waals surface area contributed by atoms with E-state index in [4.69, 9.17) is 9.47 Å². The van der Waals surface area contributed by atoms with Crippen molar-refractivity contribution in [1.82, 2.24) is 29.8 Å². The van der Waals surface area contributed by atoms with Crippen LogP contribution in [-0.4, -0.2) is 95.2 Å². The molecule has 18 heteroatoms. The summed E-state index contributed by atoms with van der Waals surface area (Å²) < 4.78 is 68.6. The highest BCUT2D eigenvalue weighted by Gasteiger charge is 2.67. The minimum absolute atomic E-state index is 0.00781. The maximum absolute atomic E-state index is 14.0. The molecule has 4 amide bonds. The van der Waals surface area contributed by atoms with E-state index in [0.29, 0.717) is 47.9 Å². The lowest BCUT2D eigenvalue weighted by Gasteiger charge is -2.27. The lowest BCUT2D eigenvalue weighted by Crippen LogP contribution is -2.57. The minimum Gasteiger partial charge on any atom is -0.459 e. The van der Waals surface area contributed by atoms with Crippen molar-refractivity contribution in [1.29, 1.82) is 0 Å². The maximum Gasteiger partial charge on any atom is 0.407 e. The van der Waals surface area contributed by atoms with Crippen molar-refractivity contribution in [2.75, 3.05) is 13.1 Å². The third-order valence-electron chi connectivity index (χ3n) is 12.4. The lowest BCUT2D eigenvalue weighted by molar-refractivity contribution is -0.139. The number of amides is 4. The fourth-order valence-corrected chi connectivity index (χ4v) is 10.5. The SMILES string of the molecule is CC(C)C.CC1[C@@H]2[C@H]3CCCCCn4c(nc5ccccc5c4=O)O[C@@H]4C[C@@H](C(=O)N[C@]5(C(=O)NS(=O)(=O)C6CC6)C[C@H]5C(F)F)N(C4)C(=O)CNC(=O)O[C@@H]3C[C@H]12. The summed E-state index contributed by atoms with van der Waals surface area (Å²) in [4.78, 5) is 73.5. The van der Waals surface area contributed by atoms with E-state index in [9.17, 15) is 41.2 Å². The number of benzene rings is 1. The summed E-state index contributed by atoms with van der Waals surface area (Å²) >= 11 is 0. The molecule has 2 bridgehead atoms. The molecule has 1 aromatic heterocycles. The van der Waals surface area contributed by atoms with Crippen LogP contribution in [0.15, 0.2) is 29.1 Å². The first-order valence-corrected chi connectivity index (χ1v) is 22.1. The Bertz CT molecular complexity index is 2090. The Morgan fingerprint density at radius 2 is 1.72 bits per heavy atom. The molecule has 3 heterocycles. The van der Waals surface area contributed by atoms with Crippen LogP contribution in [0.25, 0.3) is 10.9 Å². The highest BCUT2D eigenvalue weighted by molar-refractivity contribution is 7.91. The van der Waals surface area contributed by atoms with Crippen molar-refractivity contribution in [2.45, 2.75) is 127 Å². The quantitative estimate of drug-likeness (QED) is 0.386. The fraction of sp³-hybridized carbons (Fsp3) is 0.700. The number of alkyl carbamates (subject to hydrolysis) is 1. The van der Waals surface area contributed by atoms with Crippen LogP contribution in [0.1, 0.15) is 85.5 Å². The third-order valence-corrected chi connectivity index (χ3v) is 14.2. The third kappa shape index (κ3) is 8.67. The van der Waals surface area contributed by atoms with E-state index in [1.165, 1.54) is 4.57 Å². The van der Waals surface area contributed by atoms with Gasteiger partial charge in [-0.15, -0.1) is 0 Å². The van der Waals surface area contributed by atoms with Gasteiger partial charge in [0.1, 0.15) is 30.3 Å². The zero-order valence-electron chi connectivity index (χ0n) is 33.3. The number of rotatable bonds is 6. The summed E-state index contributed by atoms with van der Waals surface area (Å²) in [7, 11) is -4.13. The van der Waals surface area contributed by atoms with E-state index in [1.54, 1.807) is 24.3 Å². The second kappa shape index (κ2) is 16.4. The van der Waals surface area contributed by atoms with Gasteiger partial charge in [0.15, 0.2) is 0 Å². The van der Waals surface area contributed by atoms with E-state index < -0.39 is 82.1 Å². The van der Waals surface area contributed by atoms with Crippen LogP contribution in [0.2, 0.25) is 0 Å². The van der Waals surface area contributed by atoms with Gasteiger partial charge in [0.25, 0.3) is 17.5 Å². The highest BCUT2D eigenvalue weighted by atomic mass is 32.2. The van der Waals surface area contributed by atoms with Crippen molar-refractivity contribution in [3.63, 3.8) is 0 Å². The van der Waals surface area contributed by atoms with Gasteiger partial charge in [-0.2, -0.15) is 4.98 Å². The number of hydrogen-bond acceptors (Lipinski definition) is 10. The van der Waals surface area contributed by atoms with Gasteiger partial charge in [-0.1, -0.05) is 52.7 Å². The Morgan fingerprint density at radius 3 is 2.41 bits per heavy atom. The van der Waals surface area contributed by atoms with E-state index in [2.05, 4.69) is 43.3 Å². The number of sulfonamides is 1. The van der Waals surface area contributed by atoms with Crippen molar-refractivity contribution in [2.24, 2.45) is 35.5 Å². The van der Waals surface area contributed by atoms with Gasteiger partial charge in [-0.25, -0.2) is 22.0 Å². The second-order valence-corrected chi connectivity index (χ2v) is 19.5. The number of para-hydroxylation sites is 1. The molecule has 4 saturated carbocycles. The normalized spacial score (nSPS) is 32.2. The average Bonchev–Trinajstić information content (AvgIpc) is 4.11. The summed E-state index contributed by atoms with van der Waals surface area (Å²) in [6.45, 7) is 8.22. The van der Waals surface area contributed by atoms with Gasteiger partial charge in [-0.3, -0.25) is 28.5 Å². The zero-order valence-corrected chi connectivity index (χ0v) is 34.1. The van der Waals surface area contributed by atoms with Gasteiger partial charge in [0.2, 0.25) is 28.3 Å². The first-order chi connectivity index (χ1) is 27.5. The number of alkyl halides is 2. The molecule has 0 spiro atoms. The van der Waals surface area contributed by atoms with Crippen molar-refractivity contribution in [3.8, 4) is 6.01 Å². The van der Waals surface area contributed by atoms with Crippen LogP contribution in [-0.2, 0) is 35.7 Å². The highest BCUT2D eigenvalue weighted by Crippen LogP contribution is 2.62. The molecule has 9 atom stereocenters. The minimum atomic E-state index is -4.13. The van der Waals surface area contributed by atoms with Crippen LogP contribution in [0.3, 0.4) is 0 Å². The predicted molar refractivity (Wildman–Crippen MR) is 207 cm³/mol. The molecule has 4 aliphatic carbocycles. The molecule has 8 rings (SSSR count). The molecule has 0 radical (unpaired) electrons. The van der Waals surface area contributed by atoms with Crippen molar-refractivity contribution < 1.29 is 45.9 Å². The maximum atomic E-state index is 14.0. The summed E-state index contributed by atoms with van der Waals surface area (Å²) in [6, 6.07) is 5.43. The van der Waals surface area contributed by atoms with Crippen LogP contribution in [0.5, 0.6) is 6.01 Å². The number of aromatic nitrogens is 2. The molecule has 15 nitrogen and oxygen atoms in total. The Kier molecular flexibility index (Phi) is 11.8. The monoisotopic (exact) mass is 832 g/mol. The van der Waals surface area contributed by atoms with Gasteiger partial charge < -0.3 is 25.0 Å². The molecule has 3 N–H and O–H groups in total. The standard InChI is InChI=1S/C36H44F2N6O9S.C4H10/c1-18-23-14-27-22(29(18)23)8-3-2-6-12-43-32(47)21-7-4-5-9-25(21)40-34(43)52-19-13-26(44(17-19)28(45)16-39-35(49)53-27)31(46)41-36(15-24(36)30(37)38)33(48)42-54(50,51)20-10-11-20;1-4(2)3/h4-5,7,9,18-20,22-24,26-27,29-30H,2-3,6,8,10-17H2,1H3,(H,39,49)(H,41,46)(H,42,48);4H,1-3H3/t18?,19-,22+,23-,24+,26+,27-,29-,36-;/m1./s1. The molecule has 2 aliphatic heterocycles. The topological polar surface area (TPSA) is 195 Å². The smallest absolute Gasteiger partial charge is 0.407 e. The van der Waals surface area contributed by atoms with Gasteiger partial charge in [0.05, 0.1) is 28.6 Å². The first-order valence-electron chi connectivity index (χ1n) is 20.6. The fourth-order valence-electron chi connectivity index (χ4n) is 9.15. The number of carbonyl (C=O) groups excluding carboxylic acids is 4. The van der Waals surface area contributed by atoms with Crippen LogP contribution in [0, 0.1) is 35.5 Å². The largest absolute Gasteiger partial charge is 0.459 e. The number of carbonyl (C=O) groups is 4. The molecule has 5 fully saturated rings. The Labute approximate surface area is 336 Å². The second-order valence-electron chi connectivity index (χ2n) is 17.6. The number of nitrogens with zero attached hydrogens (tertiary/aromatic N) is 3. The molecule has 1 unspecified atom stereocenters. The molecule has 1 saturated heterocycles. The van der Waals surface area contributed by atoms with Crippen LogP contribution >= 0.6 is 0 Å². The van der Waals surface area contributed by atoms with E-state index in [1.807, 2.05) is 4.72 Å². The van der Waals surface area contributed by atoms with Gasteiger partial charge >= 0.3 is 6.09 Å². The van der Waals surface area contributed by atoms with Crippen molar-refractivity contribution >= 4 is 44.7 Å². The Balaban J connectivity index is 0.00000122. The van der Waals surface area contributed by atoms with Gasteiger partial charge in [-0.05, 0) is 80.2 Å². The van der Waals surface area contributed by atoms with Gasteiger partial charge in [0, 0.05) is 13.0 Å². The van der Waals surface area contributed by atoms with Crippen LogP contribution < -0.4 is 25.7 Å². The summed E-state index contributed by atoms with van der Waals surface area (Å²) in [5, 5.41) is 4.46. The van der Waals surface area contributed by atoms with Crippen LogP contribution in [0.4, 0.5) is 13.6 Å². The number of halogens is 2. The molecule has 2 aromatic rings. The number of ether oxygens (including phenoxy) is 2. The summed E-state index contributed by atoms with van der Waals surface area (Å²) in [6.07, 6.45) is -1.22. The number of nitrogens with one attached hydrogen (secondary N) is 3. The molecule has 318 valence electrons. The first kappa shape index (κ1) is 41.8. The van der Waals surface area contributed by atoms with E-state index in [0.717, 1.165) is 36.5 Å². The van der Waals surface area contributed by atoms with E-state index in [-0.39, 0.29) is 43.1 Å². The Hall–Kier alpha value is -4.35. The number of fused-ring (bicyclic) bond motifs is 7. The molecular weight excluding hydrogens is 779 g/mol. The van der Waals surface area contributed by atoms with Crippen molar-refractivity contribution in [3.05, 3.63) is 34.6 Å². The summed E-state index contributed by atoms with van der Waals surface area (Å²) in [5.41, 5.74) is -2.14. The number of hydrogen-bond donors (Lipinski definition) is 3. The zero-order chi connectivity index (χ0) is 41.7.